The number of carbonyl (C=O) groups excluding carboxylic acids is 2. The normalized spacial score (nSPS) is 14.3. The van der Waals surface area contributed by atoms with E-state index in [-0.39, 0.29) is 17.6 Å². The van der Waals surface area contributed by atoms with Crippen LogP contribution in [0.5, 0.6) is 0 Å². The first-order valence-corrected chi connectivity index (χ1v) is 9.23. The van der Waals surface area contributed by atoms with Crippen LogP contribution < -0.4 is 5.32 Å². The Bertz CT molecular complexity index is 1010. The second-order valence-corrected chi connectivity index (χ2v) is 6.97. The summed E-state index contributed by atoms with van der Waals surface area (Å²) in [6, 6.07) is 8.88. The third-order valence-corrected chi connectivity index (χ3v) is 4.73. The summed E-state index contributed by atoms with van der Waals surface area (Å²) in [7, 11) is 0. The standard InChI is InChI=1S/C19H16BrN3O4/c20-13-9-12(10-21-11-13)18(24)22-16-14-3-1-2-4-15(14)27-17(16)19(25)23-5-7-26-8-6-23/h1-4,9-11H,5-8H2,(H,22,24). The average molecular weight is 430 g/mol. The topological polar surface area (TPSA) is 84.7 Å². The molecule has 1 N–H and O–H groups in total. The van der Waals surface area contributed by atoms with Gasteiger partial charge >= 0.3 is 0 Å². The first-order valence-electron chi connectivity index (χ1n) is 8.44. The Balaban J connectivity index is 1.72. The van der Waals surface area contributed by atoms with E-state index >= 15 is 0 Å². The fraction of sp³-hybridized carbons (Fsp3) is 0.211. The molecular weight excluding hydrogens is 414 g/mol. The molecule has 2 aromatic heterocycles. The van der Waals surface area contributed by atoms with Crippen molar-refractivity contribution in [3.8, 4) is 0 Å². The first kappa shape index (κ1) is 17.7. The summed E-state index contributed by atoms with van der Waals surface area (Å²) in [5.74, 6) is -0.516. The predicted molar refractivity (Wildman–Crippen MR) is 103 cm³/mol. The predicted octanol–water partition coefficient (Wildman–Crippen LogP) is 3.32. The van der Waals surface area contributed by atoms with Gasteiger partial charge < -0.3 is 19.4 Å². The fourth-order valence-electron chi connectivity index (χ4n) is 2.95. The Morgan fingerprint density at radius 2 is 1.93 bits per heavy atom. The van der Waals surface area contributed by atoms with E-state index in [0.29, 0.717) is 53.0 Å². The number of para-hydroxylation sites is 1. The molecule has 0 spiro atoms. The molecule has 2 amide bonds. The summed E-state index contributed by atoms with van der Waals surface area (Å²) in [4.78, 5) is 31.3. The van der Waals surface area contributed by atoms with Gasteiger partial charge in [-0.3, -0.25) is 14.6 Å². The van der Waals surface area contributed by atoms with Crippen LogP contribution in [0, 0.1) is 0 Å². The zero-order valence-corrected chi connectivity index (χ0v) is 15.9. The molecule has 0 atom stereocenters. The lowest BCUT2D eigenvalue weighted by atomic mass is 10.2. The van der Waals surface area contributed by atoms with Gasteiger partial charge in [-0.2, -0.15) is 0 Å². The first-order chi connectivity index (χ1) is 13.1. The minimum Gasteiger partial charge on any atom is -0.449 e. The van der Waals surface area contributed by atoms with Gasteiger partial charge in [0, 0.05) is 35.3 Å². The van der Waals surface area contributed by atoms with E-state index in [1.165, 1.54) is 6.20 Å². The van der Waals surface area contributed by atoms with Gasteiger partial charge in [-0.1, -0.05) is 12.1 Å². The number of ether oxygens (including phenoxy) is 1. The van der Waals surface area contributed by atoms with Crippen molar-refractivity contribution in [1.29, 1.82) is 0 Å². The Hall–Kier alpha value is -2.71. The second kappa shape index (κ2) is 7.50. The molecule has 4 rings (SSSR count). The molecule has 1 saturated heterocycles. The van der Waals surface area contributed by atoms with Gasteiger partial charge in [-0.15, -0.1) is 0 Å². The van der Waals surface area contributed by atoms with E-state index in [1.54, 1.807) is 23.2 Å². The smallest absolute Gasteiger partial charge is 0.291 e. The highest BCUT2D eigenvalue weighted by Gasteiger charge is 2.27. The van der Waals surface area contributed by atoms with Crippen LogP contribution in [0.2, 0.25) is 0 Å². The molecule has 0 bridgehead atoms. The SMILES string of the molecule is O=C(Nc1c(C(=O)N2CCOCC2)oc2ccccc12)c1cncc(Br)c1. The van der Waals surface area contributed by atoms with Gasteiger partial charge in [0.2, 0.25) is 5.76 Å². The fourth-order valence-corrected chi connectivity index (χ4v) is 3.32. The van der Waals surface area contributed by atoms with Crippen LogP contribution in [0.4, 0.5) is 5.69 Å². The highest BCUT2D eigenvalue weighted by atomic mass is 79.9. The van der Waals surface area contributed by atoms with Gasteiger partial charge in [0.25, 0.3) is 11.8 Å². The molecule has 7 nitrogen and oxygen atoms in total. The molecule has 27 heavy (non-hydrogen) atoms. The molecular formula is C19H16BrN3O4. The molecule has 1 aromatic carbocycles. The van der Waals surface area contributed by atoms with E-state index < -0.39 is 0 Å². The zero-order chi connectivity index (χ0) is 18.8. The van der Waals surface area contributed by atoms with Crippen molar-refractivity contribution in [3.63, 3.8) is 0 Å². The molecule has 0 unspecified atom stereocenters. The Morgan fingerprint density at radius 1 is 1.15 bits per heavy atom. The monoisotopic (exact) mass is 429 g/mol. The number of amides is 2. The van der Waals surface area contributed by atoms with Crippen LogP contribution in [0.25, 0.3) is 11.0 Å². The number of carbonyl (C=O) groups is 2. The largest absolute Gasteiger partial charge is 0.449 e. The van der Waals surface area contributed by atoms with Gasteiger partial charge in [-0.05, 0) is 34.1 Å². The van der Waals surface area contributed by atoms with E-state index in [0.717, 1.165) is 0 Å². The van der Waals surface area contributed by atoms with Gasteiger partial charge in [0.1, 0.15) is 11.3 Å². The van der Waals surface area contributed by atoms with Crippen LogP contribution in [-0.4, -0.2) is 48.0 Å². The molecule has 8 heteroatoms. The Morgan fingerprint density at radius 3 is 2.70 bits per heavy atom. The van der Waals surface area contributed by atoms with E-state index in [4.69, 9.17) is 9.15 Å². The van der Waals surface area contributed by atoms with Crippen molar-refractivity contribution >= 4 is 44.4 Å². The number of rotatable bonds is 3. The maximum absolute atomic E-state index is 13.0. The summed E-state index contributed by atoms with van der Waals surface area (Å²) < 4.78 is 11.8. The summed E-state index contributed by atoms with van der Waals surface area (Å²) in [5.41, 5.74) is 1.28. The molecule has 3 aromatic rings. The number of anilines is 1. The molecule has 138 valence electrons. The lowest BCUT2D eigenvalue weighted by Crippen LogP contribution is -2.40. The van der Waals surface area contributed by atoms with Crippen LogP contribution >= 0.6 is 15.9 Å². The molecule has 1 aliphatic rings. The number of hydrogen-bond donors (Lipinski definition) is 1. The molecule has 0 radical (unpaired) electrons. The van der Waals surface area contributed by atoms with Crippen molar-refractivity contribution in [1.82, 2.24) is 9.88 Å². The van der Waals surface area contributed by atoms with Crippen molar-refractivity contribution in [2.24, 2.45) is 0 Å². The number of hydrogen-bond acceptors (Lipinski definition) is 5. The van der Waals surface area contributed by atoms with Crippen molar-refractivity contribution in [3.05, 3.63) is 58.5 Å². The van der Waals surface area contributed by atoms with E-state index in [9.17, 15) is 9.59 Å². The number of furan rings is 1. The van der Waals surface area contributed by atoms with Crippen LogP contribution in [0.3, 0.4) is 0 Å². The molecule has 1 fully saturated rings. The van der Waals surface area contributed by atoms with Crippen LogP contribution in [0.15, 0.2) is 51.6 Å². The molecule has 1 aliphatic heterocycles. The molecule has 0 saturated carbocycles. The number of pyridine rings is 1. The van der Waals surface area contributed by atoms with E-state index in [2.05, 4.69) is 26.2 Å². The zero-order valence-electron chi connectivity index (χ0n) is 14.3. The lowest BCUT2D eigenvalue weighted by molar-refractivity contribution is 0.0285. The maximum atomic E-state index is 13.0. The van der Waals surface area contributed by atoms with Gasteiger partial charge in [-0.25, -0.2) is 0 Å². The van der Waals surface area contributed by atoms with Crippen molar-refractivity contribution in [2.45, 2.75) is 0 Å². The minimum atomic E-state index is -0.369. The summed E-state index contributed by atoms with van der Waals surface area (Å²) in [6.45, 7) is 1.94. The lowest BCUT2D eigenvalue weighted by Gasteiger charge is -2.26. The average Bonchev–Trinajstić information content (AvgIpc) is 3.06. The number of nitrogens with zero attached hydrogens (tertiary/aromatic N) is 2. The Kier molecular flexibility index (Phi) is 4.91. The Labute approximate surface area is 163 Å². The quantitative estimate of drug-likeness (QED) is 0.689. The third-order valence-electron chi connectivity index (χ3n) is 4.29. The van der Waals surface area contributed by atoms with Gasteiger partial charge in [0.15, 0.2) is 0 Å². The second-order valence-electron chi connectivity index (χ2n) is 6.05. The van der Waals surface area contributed by atoms with Gasteiger partial charge in [0.05, 0.1) is 18.8 Å². The summed E-state index contributed by atoms with van der Waals surface area (Å²) >= 11 is 3.30. The number of fused-ring (bicyclic) bond motifs is 1. The molecule has 3 heterocycles. The highest BCUT2D eigenvalue weighted by molar-refractivity contribution is 9.10. The van der Waals surface area contributed by atoms with E-state index in [1.807, 2.05) is 18.2 Å². The third kappa shape index (κ3) is 3.58. The van der Waals surface area contributed by atoms with Crippen molar-refractivity contribution < 1.29 is 18.7 Å². The number of morpholine rings is 1. The highest BCUT2D eigenvalue weighted by Crippen LogP contribution is 2.32. The number of nitrogens with one attached hydrogen (secondary N) is 1. The number of benzene rings is 1. The van der Waals surface area contributed by atoms with Crippen LogP contribution in [-0.2, 0) is 4.74 Å². The number of aromatic nitrogens is 1. The summed E-state index contributed by atoms with van der Waals surface area (Å²) in [6.07, 6.45) is 3.06. The van der Waals surface area contributed by atoms with Crippen molar-refractivity contribution in [2.75, 3.05) is 31.6 Å². The molecule has 0 aliphatic carbocycles. The number of halogens is 1. The minimum absolute atomic E-state index is 0.120. The van der Waals surface area contributed by atoms with Crippen LogP contribution in [0.1, 0.15) is 20.9 Å². The maximum Gasteiger partial charge on any atom is 0.291 e. The summed E-state index contributed by atoms with van der Waals surface area (Å²) in [5, 5.41) is 3.50.